The van der Waals surface area contributed by atoms with Crippen LogP contribution in [0, 0.1) is 6.92 Å². The average molecular weight is 266 g/mol. The molecule has 0 spiro atoms. The lowest BCUT2D eigenvalue weighted by molar-refractivity contribution is -0.136. The Morgan fingerprint density at radius 1 is 1.32 bits per heavy atom. The first kappa shape index (κ1) is 15.0. The number of aliphatic carboxylic acids is 1. The maximum atomic E-state index is 11.3. The minimum absolute atomic E-state index is 0.0572. The van der Waals surface area contributed by atoms with E-state index in [2.05, 4.69) is 10.6 Å². The van der Waals surface area contributed by atoms with Gasteiger partial charge in [-0.2, -0.15) is 0 Å². The molecule has 1 aromatic rings. The summed E-state index contributed by atoms with van der Waals surface area (Å²) in [6.45, 7) is 2.05. The van der Waals surface area contributed by atoms with Gasteiger partial charge in [-0.15, -0.1) is 0 Å². The number of carboxylic acids is 1. The van der Waals surface area contributed by atoms with Crippen LogP contribution in [0.4, 0.5) is 4.79 Å². The zero-order chi connectivity index (χ0) is 14.3. The highest BCUT2D eigenvalue weighted by Gasteiger charge is 2.09. The van der Waals surface area contributed by atoms with Crippen molar-refractivity contribution in [2.45, 2.75) is 19.4 Å². The molecule has 6 heteroatoms. The number of aliphatic hydroxyl groups excluding tert-OH is 1. The van der Waals surface area contributed by atoms with Gasteiger partial charge in [0.1, 0.15) is 0 Å². The Morgan fingerprint density at radius 2 is 2.05 bits per heavy atom. The zero-order valence-electron chi connectivity index (χ0n) is 10.7. The Balaban J connectivity index is 2.31. The fourth-order valence-corrected chi connectivity index (χ4v) is 1.53. The third kappa shape index (κ3) is 5.87. The molecule has 0 aliphatic rings. The molecule has 0 bridgehead atoms. The standard InChI is InChI=1S/C13H18N2O4/c1-9-3-2-4-10(7-9)11(16)8-15-13(19)14-6-5-12(17)18/h2-4,7,11,16H,5-6,8H2,1H3,(H,17,18)(H2,14,15,19). The van der Waals surface area contributed by atoms with Gasteiger partial charge in [0.25, 0.3) is 0 Å². The molecule has 0 radical (unpaired) electrons. The van der Waals surface area contributed by atoms with Crippen LogP contribution in [0.25, 0.3) is 0 Å². The maximum absolute atomic E-state index is 11.3. The molecular formula is C13H18N2O4. The van der Waals surface area contributed by atoms with Gasteiger partial charge in [0.2, 0.25) is 0 Å². The molecule has 0 saturated heterocycles. The smallest absolute Gasteiger partial charge is 0.314 e. The molecule has 6 nitrogen and oxygen atoms in total. The monoisotopic (exact) mass is 266 g/mol. The van der Waals surface area contributed by atoms with Crippen LogP contribution in [-0.4, -0.2) is 35.3 Å². The number of carbonyl (C=O) groups is 2. The first-order valence-corrected chi connectivity index (χ1v) is 5.97. The molecule has 0 aliphatic carbocycles. The predicted octanol–water partition coefficient (Wildman–Crippen LogP) is 0.802. The highest BCUT2D eigenvalue weighted by atomic mass is 16.4. The normalized spacial score (nSPS) is 11.7. The van der Waals surface area contributed by atoms with Crippen molar-refractivity contribution in [2.75, 3.05) is 13.1 Å². The lowest BCUT2D eigenvalue weighted by Gasteiger charge is -2.13. The van der Waals surface area contributed by atoms with E-state index in [0.29, 0.717) is 0 Å². The van der Waals surface area contributed by atoms with E-state index in [0.717, 1.165) is 11.1 Å². The second-order valence-corrected chi connectivity index (χ2v) is 4.21. The average Bonchev–Trinajstić information content (AvgIpc) is 2.35. The van der Waals surface area contributed by atoms with Crippen LogP contribution in [0.3, 0.4) is 0 Å². The summed E-state index contributed by atoms with van der Waals surface area (Å²) in [5.41, 5.74) is 1.76. The largest absolute Gasteiger partial charge is 0.481 e. The summed E-state index contributed by atoms with van der Waals surface area (Å²) >= 11 is 0. The minimum atomic E-state index is -0.972. The van der Waals surface area contributed by atoms with E-state index in [1.165, 1.54) is 0 Å². The highest BCUT2D eigenvalue weighted by Crippen LogP contribution is 2.13. The summed E-state index contributed by atoms with van der Waals surface area (Å²) < 4.78 is 0. The number of benzene rings is 1. The number of rotatable bonds is 6. The summed E-state index contributed by atoms with van der Waals surface area (Å²) in [6.07, 6.45) is -0.918. The molecule has 1 atom stereocenters. The number of carboxylic acid groups (broad SMARTS) is 1. The maximum Gasteiger partial charge on any atom is 0.314 e. The van der Waals surface area contributed by atoms with Crippen LogP contribution in [0.2, 0.25) is 0 Å². The van der Waals surface area contributed by atoms with Crippen molar-refractivity contribution in [1.82, 2.24) is 10.6 Å². The molecular weight excluding hydrogens is 248 g/mol. The van der Waals surface area contributed by atoms with E-state index < -0.39 is 18.1 Å². The van der Waals surface area contributed by atoms with E-state index in [9.17, 15) is 14.7 Å². The van der Waals surface area contributed by atoms with E-state index in [1.807, 2.05) is 25.1 Å². The summed E-state index contributed by atoms with van der Waals surface area (Å²) in [6, 6.07) is 6.88. The molecule has 4 N–H and O–H groups in total. The Hall–Kier alpha value is -2.08. The first-order chi connectivity index (χ1) is 8.99. The molecule has 0 saturated carbocycles. The molecule has 0 fully saturated rings. The van der Waals surface area contributed by atoms with Gasteiger partial charge in [-0.1, -0.05) is 29.8 Å². The third-order valence-electron chi connectivity index (χ3n) is 2.51. The molecule has 0 aromatic heterocycles. The Morgan fingerprint density at radius 3 is 2.68 bits per heavy atom. The fourth-order valence-electron chi connectivity index (χ4n) is 1.53. The highest BCUT2D eigenvalue weighted by molar-refractivity contribution is 5.75. The summed E-state index contributed by atoms with van der Waals surface area (Å²) in [5.74, 6) is -0.972. The number of hydrogen-bond acceptors (Lipinski definition) is 3. The van der Waals surface area contributed by atoms with Gasteiger partial charge in [0, 0.05) is 13.1 Å². The molecule has 1 unspecified atom stereocenters. The van der Waals surface area contributed by atoms with Gasteiger partial charge < -0.3 is 20.8 Å². The SMILES string of the molecule is Cc1cccc(C(O)CNC(=O)NCCC(=O)O)c1. The van der Waals surface area contributed by atoms with Gasteiger partial charge in [-0.25, -0.2) is 4.79 Å². The van der Waals surface area contributed by atoms with Crippen molar-refractivity contribution in [2.24, 2.45) is 0 Å². The van der Waals surface area contributed by atoms with Crippen molar-refractivity contribution in [3.05, 3.63) is 35.4 Å². The van der Waals surface area contributed by atoms with E-state index >= 15 is 0 Å². The van der Waals surface area contributed by atoms with Crippen LogP contribution < -0.4 is 10.6 Å². The van der Waals surface area contributed by atoms with E-state index in [1.54, 1.807) is 6.07 Å². The Bertz CT molecular complexity index is 448. The fraction of sp³-hybridized carbons (Fsp3) is 0.385. The predicted molar refractivity (Wildman–Crippen MR) is 69.8 cm³/mol. The number of aryl methyl sites for hydroxylation is 1. The number of aliphatic hydroxyl groups is 1. The quantitative estimate of drug-likeness (QED) is 0.612. The van der Waals surface area contributed by atoms with E-state index in [-0.39, 0.29) is 19.5 Å². The zero-order valence-corrected chi connectivity index (χ0v) is 10.7. The molecule has 19 heavy (non-hydrogen) atoms. The Kier molecular flexibility index (Phi) is 5.81. The third-order valence-corrected chi connectivity index (χ3v) is 2.51. The molecule has 104 valence electrons. The van der Waals surface area contributed by atoms with Crippen LogP contribution in [-0.2, 0) is 4.79 Å². The van der Waals surface area contributed by atoms with Crippen molar-refractivity contribution in [3.63, 3.8) is 0 Å². The van der Waals surface area contributed by atoms with Crippen LogP contribution in [0.5, 0.6) is 0 Å². The summed E-state index contributed by atoms with van der Waals surface area (Å²) in [5, 5.41) is 23.1. The molecule has 1 rings (SSSR count). The second kappa shape index (κ2) is 7.38. The van der Waals surface area contributed by atoms with Crippen LogP contribution in [0.1, 0.15) is 23.7 Å². The molecule has 0 aliphatic heterocycles. The molecule has 1 aromatic carbocycles. The van der Waals surface area contributed by atoms with Crippen LogP contribution >= 0.6 is 0 Å². The van der Waals surface area contributed by atoms with Crippen LogP contribution in [0.15, 0.2) is 24.3 Å². The van der Waals surface area contributed by atoms with Gasteiger partial charge >= 0.3 is 12.0 Å². The lowest BCUT2D eigenvalue weighted by Crippen LogP contribution is -2.38. The number of nitrogens with one attached hydrogen (secondary N) is 2. The number of hydrogen-bond donors (Lipinski definition) is 4. The lowest BCUT2D eigenvalue weighted by atomic mass is 10.1. The summed E-state index contributed by atoms with van der Waals surface area (Å²) in [7, 11) is 0. The van der Waals surface area contributed by atoms with Gasteiger partial charge in [-0.3, -0.25) is 4.79 Å². The number of urea groups is 1. The van der Waals surface area contributed by atoms with Gasteiger partial charge in [0.05, 0.1) is 12.5 Å². The van der Waals surface area contributed by atoms with Crippen molar-refractivity contribution in [3.8, 4) is 0 Å². The minimum Gasteiger partial charge on any atom is -0.481 e. The number of amides is 2. The second-order valence-electron chi connectivity index (χ2n) is 4.21. The van der Waals surface area contributed by atoms with Crippen molar-refractivity contribution < 1.29 is 19.8 Å². The van der Waals surface area contributed by atoms with E-state index in [4.69, 9.17) is 5.11 Å². The topological polar surface area (TPSA) is 98.7 Å². The molecule has 0 heterocycles. The van der Waals surface area contributed by atoms with Gasteiger partial charge in [-0.05, 0) is 12.5 Å². The number of carbonyl (C=O) groups excluding carboxylic acids is 1. The first-order valence-electron chi connectivity index (χ1n) is 5.97. The summed E-state index contributed by atoms with van der Waals surface area (Å²) in [4.78, 5) is 21.6. The molecule has 2 amide bonds. The van der Waals surface area contributed by atoms with Crippen molar-refractivity contribution >= 4 is 12.0 Å². The van der Waals surface area contributed by atoms with Crippen molar-refractivity contribution in [1.29, 1.82) is 0 Å². The Labute approximate surface area is 111 Å². The van der Waals surface area contributed by atoms with Gasteiger partial charge in [0.15, 0.2) is 0 Å².